The van der Waals surface area contributed by atoms with Crippen molar-refractivity contribution in [1.29, 1.82) is 0 Å². The highest BCUT2D eigenvalue weighted by Gasteiger charge is 2.28. The molecule has 4 heteroatoms. The minimum atomic E-state index is -0.862. The molecule has 0 amide bonds. The zero-order valence-corrected chi connectivity index (χ0v) is 11.3. The fraction of sp³-hybridized carbons (Fsp3) is 0.929. The summed E-state index contributed by atoms with van der Waals surface area (Å²) in [6.07, 6.45) is 7.52. The zero-order chi connectivity index (χ0) is 13.0. The Morgan fingerprint density at radius 2 is 1.78 bits per heavy atom. The Morgan fingerprint density at radius 1 is 1.17 bits per heavy atom. The predicted octanol–water partition coefficient (Wildman–Crippen LogP) is 2.13. The number of likely N-dealkylation sites (tertiary alicyclic amines) is 1. The van der Waals surface area contributed by atoms with Crippen molar-refractivity contribution in [3.8, 4) is 0 Å². The summed E-state index contributed by atoms with van der Waals surface area (Å²) in [6.45, 7) is 4.35. The van der Waals surface area contributed by atoms with Crippen molar-refractivity contribution in [3.63, 3.8) is 0 Å². The molecule has 0 bridgehead atoms. The van der Waals surface area contributed by atoms with E-state index in [1.54, 1.807) is 0 Å². The van der Waals surface area contributed by atoms with Crippen LogP contribution in [0.1, 0.15) is 45.4 Å². The van der Waals surface area contributed by atoms with Gasteiger partial charge in [0.1, 0.15) is 6.61 Å². The molecule has 4 nitrogen and oxygen atoms in total. The van der Waals surface area contributed by atoms with Crippen molar-refractivity contribution < 1.29 is 14.6 Å². The smallest absolute Gasteiger partial charge is 0.329 e. The van der Waals surface area contributed by atoms with Gasteiger partial charge >= 0.3 is 5.97 Å². The first-order valence-corrected chi connectivity index (χ1v) is 7.22. The molecule has 0 atom stereocenters. The Labute approximate surface area is 109 Å². The molecule has 0 aromatic rings. The second kappa shape index (κ2) is 6.53. The van der Waals surface area contributed by atoms with Crippen molar-refractivity contribution in [1.82, 2.24) is 4.90 Å². The number of rotatable bonds is 4. The third-order valence-corrected chi connectivity index (χ3v) is 4.42. The number of nitrogens with zero attached hydrogens (tertiary/aromatic N) is 1. The lowest BCUT2D eigenvalue weighted by Crippen LogP contribution is -2.44. The molecule has 1 saturated heterocycles. The van der Waals surface area contributed by atoms with Crippen molar-refractivity contribution in [2.45, 2.75) is 57.6 Å². The van der Waals surface area contributed by atoms with Crippen molar-refractivity contribution in [2.75, 3.05) is 19.7 Å². The molecule has 0 spiro atoms. The van der Waals surface area contributed by atoms with Gasteiger partial charge in [-0.2, -0.15) is 0 Å². The van der Waals surface area contributed by atoms with Gasteiger partial charge < -0.3 is 14.7 Å². The second-order valence-electron chi connectivity index (χ2n) is 5.85. The van der Waals surface area contributed by atoms with Crippen LogP contribution in [-0.2, 0) is 9.53 Å². The monoisotopic (exact) mass is 255 g/mol. The third-order valence-electron chi connectivity index (χ3n) is 4.42. The Bertz CT molecular complexity index is 266. The van der Waals surface area contributed by atoms with Crippen LogP contribution in [0, 0.1) is 5.92 Å². The molecule has 0 unspecified atom stereocenters. The predicted molar refractivity (Wildman–Crippen MR) is 69.6 cm³/mol. The van der Waals surface area contributed by atoms with E-state index in [4.69, 9.17) is 9.84 Å². The summed E-state index contributed by atoms with van der Waals surface area (Å²) in [5.74, 6) is 0.0383. The highest BCUT2D eigenvalue weighted by Crippen LogP contribution is 2.29. The molecule has 0 aromatic carbocycles. The molecule has 2 aliphatic rings. The normalized spacial score (nSPS) is 31.4. The number of hydrogen-bond acceptors (Lipinski definition) is 3. The number of piperidine rings is 1. The molecule has 2 fully saturated rings. The minimum Gasteiger partial charge on any atom is -0.480 e. The maximum atomic E-state index is 10.4. The van der Waals surface area contributed by atoms with E-state index in [0.717, 1.165) is 37.9 Å². The van der Waals surface area contributed by atoms with Crippen LogP contribution in [0.3, 0.4) is 0 Å². The molecule has 1 aliphatic carbocycles. The van der Waals surface area contributed by atoms with Crippen LogP contribution < -0.4 is 0 Å². The van der Waals surface area contributed by atoms with Crippen LogP contribution in [-0.4, -0.2) is 47.8 Å². The van der Waals surface area contributed by atoms with Crippen LogP contribution in [0.15, 0.2) is 0 Å². The van der Waals surface area contributed by atoms with Crippen LogP contribution in [0.25, 0.3) is 0 Å². The summed E-state index contributed by atoms with van der Waals surface area (Å²) >= 11 is 0. The standard InChI is InChI=1S/C14H25NO3/c1-11-2-4-12(5-3-11)15-8-6-13(7-9-15)18-10-14(16)17/h11-13H,2-10H2,1H3,(H,16,17). The summed E-state index contributed by atoms with van der Waals surface area (Å²) in [5, 5.41) is 8.59. The van der Waals surface area contributed by atoms with Gasteiger partial charge in [0.05, 0.1) is 6.10 Å². The third kappa shape index (κ3) is 3.95. The molecule has 1 aliphatic heterocycles. The number of ether oxygens (including phenoxy) is 1. The lowest BCUT2D eigenvalue weighted by atomic mass is 9.86. The van der Waals surface area contributed by atoms with E-state index >= 15 is 0 Å². The first kappa shape index (κ1) is 13.8. The maximum absolute atomic E-state index is 10.4. The maximum Gasteiger partial charge on any atom is 0.329 e. The molecular weight excluding hydrogens is 230 g/mol. The Kier molecular flexibility index (Phi) is 5.01. The number of hydrogen-bond donors (Lipinski definition) is 1. The van der Waals surface area contributed by atoms with Crippen LogP contribution in [0.5, 0.6) is 0 Å². The van der Waals surface area contributed by atoms with Gasteiger partial charge in [-0.3, -0.25) is 0 Å². The summed E-state index contributed by atoms with van der Waals surface area (Å²) in [5.41, 5.74) is 0. The van der Waals surface area contributed by atoms with Gasteiger partial charge in [-0.25, -0.2) is 4.79 Å². The fourth-order valence-electron chi connectivity index (χ4n) is 3.20. The van der Waals surface area contributed by atoms with E-state index in [2.05, 4.69) is 11.8 Å². The van der Waals surface area contributed by atoms with E-state index in [9.17, 15) is 4.79 Å². The van der Waals surface area contributed by atoms with E-state index in [1.807, 2.05) is 0 Å². The zero-order valence-electron chi connectivity index (χ0n) is 11.3. The van der Waals surface area contributed by atoms with Gasteiger partial charge in [-0.05, 0) is 44.4 Å². The molecule has 1 N–H and O–H groups in total. The lowest BCUT2D eigenvalue weighted by molar-refractivity contribution is -0.145. The van der Waals surface area contributed by atoms with Crippen LogP contribution in [0.2, 0.25) is 0 Å². The summed E-state index contributed by atoms with van der Waals surface area (Å²) in [7, 11) is 0. The number of carbonyl (C=O) groups is 1. The fourth-order valence-corrected chi connectivity index (χ4v) is 3.20. The van der Waals surface area contributed by atoms with Crippen LogP contribution >= 0.6 is 0 Å². The second-order valence-corrected chi connectivity index (χ2v) is 5.85. The molecule has 0 radical (unpaired) electrons. The first-order valence-electron chi connectivity index (χ1n) is 7.22. The first-order chi connectivity index (χ1) is 8.65. The molecule has 1 saturated carbocycles. The minimum absolute atomic E-state index is 0.147. The van der Waals surface area contributed by atoms with Crippen molar-refractivity contribution in [2.24, 2.45) is 5.92 Å². The summed E-state index contributed by atoms with van der Waals surface area (Å²) in [4.78, 5) is 13.0. The Balaban J connectivity index is 1.68. The molecular formula is C14H25NO3. The number of carboxylic acid groups (broad SMARTS) is 1. The molecule has 0 aromatic heterocycles. The quantitative estimate of drug-likeness (QED) is 0.836. The van der Waals surface area contributed by atoms with Gasteiger partial charge in [0.15, 0.2) is 0 Å². The summed E-state index contributed by atoms with van der Waals surface area (Å²) in [6, 6.07) is 0.765. The average Bonchev–Trinajstić information content (AvgIpc) is 2.38. The van der Waals surface area contributed by atoms with E-state index in [1.165, 1.54) is 25.7 Å². The van der Waals surface area contributed by atoms with Gasteiger partial charge in [-0.1, -0.05) is 6.92 Å². The lowest BCUT2D eigenvalue weighted by Gasteiger charge is -2.40. The van der Waals surface area contributed by atoms with E-state index < -0.39 is 5.97 Å². The van der Waals surface area contributed by atoms with Crippen molar-refractivity contribution in [3.05, 3.63) is 0 Å². The Hall–Kier alpha value is -0.610. The van der Waals surface area contributed by atoms with E-state index in [0.29, 0.717) is 0 Å². The Morgan fingerprint density at radius 3 is 2.33 bits per heavy atom. The van der Waals surface area contributed by atoms with Crippen molar-refractivity contribution >= 4 is 5.97 Å². The average molecular weight is 255 g/mol. The SMILES string of the molecule is CC1CCC(N2CCC(OCC(=O)O)CC2)CC1. The molecule has 104 valence electrons. The van der Waals surface area contributed by atoms with Crippen LogP contribution in [0.4, 0.5) is 0 Å². The topological polar surface area (TPSA) is 49.8 Å². The summed E-state index contributed by atoms with van der Waals surface area (Å²) < 4.78 is 5.37. The highest BCUT2D eigenvalue weighted by molar-refractivity contribution is 5.68. The largest absolute Gasteiger partial charge is 0.480 e. The molecule has 1 heterocycles. The van der Waals surface area contributed by atoms with Gasteiger partial charge in [0, 0.05) is 19.1 Å². The van der Waals surface area contributed by atoms with E-state index in [-0.39, 0.29) is 12.7 Å². The van der Waals surface area contributed by atoms with Gasteiger partial charge in [0.2, 0.25) is 0 Å². The van der Waals surface area contributed by atoms with Gasteiger partial charge in [-0.15, -0.1) is 0 Å². The molecule has 2 rings (SSSR count). The number of aliphatic carboxylic acids is 1. The highest BCUT2D eigenvalue weighted by atomic mass is 16.5. The molecule has 18 heavy (non-hydrogen) atoms. The number of carboxylic acids is 1. The van der Waals surface area contributed by atoms with Gasteiger partial charge in [0.25, 0.3) is 0 Å².